The molecule has 0 saturated heterocycles. The van der Waals surface area contributed by atoms with E-state index in [4.69, 9.17) is 4.74 Å². The lowest BCUT2D eigenvalue weighted by Gasteiger charge is -2.07. The highest BCUT2D eigenvalue weighted by molar-refractivity contribution is 5.37. The van der Waals surface area contributed by atoms with Crippen molar-refractivity contribution in [2.75, 3.05) is 30.9 Å². The highest BCUT2D eigenvalue weighted by Crippen LogP contribution is 2.05. The molecule has 0 radical (unpaired) electrons. The number of hydrogen-bond acceptors (Lipinski definition) is 7. The van der Waals surface area contributed by atoms with Gasteiger partial charge in [0.05, 0.1) is 6.20 Å². The molecule has 0 fully saturated rings. The van der Waals surface area contributed by atoms with E-state index in [1.54, 1.807) is 25.7 Å². The number of nitrogens with one attached hydrogen (secondary N) is 2. The van der Waals surface area contributed by atoms with Crippen LogP contribution in [0.5, 0.6) is 0 Å². The Kier molecular flexibility index (Phi) is 5.66. The van der Waals surface area contributed by atoms with Crippen LogP contribution in [-0.2, 0) is 11.3 Å². The molecule has 2 heterocycles. The third kappa shape index (κ3) is 4.77. The summed E-state index contributed by atoms with van der Waals surface area (Å²) < 4.78 is 4.98. The molecule has 0 aliphatic carbocycles. The standard InChI is InChI=1S/C13H18N6O/c1-20-7-3-6-15-12-10-17-19-13(18-12)16-9-11-4-2-5-14-8-11/h2,4-5,8,10H,3,6-7,9H2,1H3,(H2,15,16,18,19). The number of methoxy groups -OCH3 is 1. The van der Waals surface area contributed by atoms with Gasteiger partial charge in [-0.2, -0.15) is 10.1 Å². The summed E-state index contributed by atoms with van der Waals surface area (Å²) in [5.41, 5.74) is 1.06. The maximum atomic E-state index is 4.98. The molecule has 2 rings (SSSR count). The van der Waals surface area contributed by atoms with E-state index >= 15 is 0 Å². The van der Waals surface area contributed by atoms with Crippen molar-refractivity contribution in [1.82, 2.24) is 20.2 Å². The van der Waals surface area contributed by atoms with E-state index in [2.05, 4.69) is 30.8 Å². The predicted octanol–water partition coefficient (Wildman–Crippen LogP) is 1.33. The van der Waals surface area contributed by atoms with Gasteiger partial charge in [0.15, 0.2) is 5.82 Å². The smallest absolute Gasteiger partial charge is 0.244 e. The second-order valence-electron chi connectivity index (χ2n) is 4.15. The van der Waals surface area contributed by atoms with Crippen LogP contribution in [-0.4, -0.2) is 40.4 Å². The summed E-state index contributed by atoms with van der Waals surface area (Å²) in [6, 6.07) is 3.88. The van der Waals surface area contributed by atoms with Gasteiger partial charge in [-0.15, -0.1) is 5.10 Å². The number of hydrogen-bond donors (Lipinski definition) is 2. The van der Waals surface area contributed by atoms with E-state index in [1.807, 2.05) is 12.1 Å². The summed E-state index contributed by atoms with van der Waals surface area (Å²) in [7, 11) is 1.69. The molecule has 0 aliphatic rings. The molecule has 7 heteroatoms. The molecule has 0 aliphatic heterocycles. The Labute approximate surface area is 117 Å². The maximum Gasteiger partial charge on any atom is 0.244 e. The number of aromatic nitrogens is 4. The van der Waals surface area contributed by atoms with Crippen LogP contribution >= 0.6 is 0 Å². The van der Waals surface area contributed by atoms with E-state index < -0.39 is 0 Å². The quantitative estimate of drug-likeness (QED) is 0.702. The lowest BCUT2D eigenvalue weighted by Crippen LogP contribution is -2.10. The number of pyridine rings is 1. The Morgan fingerprint density at radius 2 is 2.20 bits per heavy atom. The van der Waals surface area contributed by atoms with Crippen molar-refractivity contribution in [3.05, 3.63) is 36.3 Å². The predicted molar refractivity (Wildman–Crippen MR) is 76.4 cm³/mol. The van der Waals surface area contributed by atoms with Crippen LogP contribution in [0.3, 0.4) is 0 Å². The van der Waals surface area contributed by atoms with Crippen LogP contribution in [0, 0.1) is 0 Å². The fourth-order valence-corrected chi connectivity index (χ4v) is 1.58. The summed E-state index contributed by atoms with van der Waals surface area (Å²) in [6.07, 6.45) is 6.06. The largest absolute Gasteiger partial charge is 0.385 e. The van der Waals surface area contributed by atoms with E-state index in [0.717, 1.165) is 25.1 Å². The fourth-order valence-electron chi connectivity index (χ4n) is 1.58. The van der Waals surface area contributed by atoms with Crippen LogP contribution < -0.4 is 10.6 Å². The lowest BCUT2D eigenvalue weighted by molar-refractivity contribution is 0.197. The lowest BCUT2D eigenvalue weighted by atomic mass is 10.3. The first kappa shape index (κ1) is 14.1. The molecule has 0 bridgehead atoms. The van der Waals surface area contributed by atoms with E-state index in [1.165, 1.54) is 0 Å². The monoisotopic (exact) mass is 274 g/mol. The second kappa shape index (κ2) is 8.00. The molecule has 0 aromatic carbocycles. The third-order valence-corrected chi connectivity index (χ3v) is 2.56. The Morgan fingerprint density at radius 1 is 1.25 bits per heavy atom. The van der Waals surface area contributed by atoms with Gasteiger partial charge < -0.3 is 15.4 Å². The Hall–Kier alpha value is -2.28. The zero-order valence-electron chi connectivity index (χ0n) is 11.4. The van der Waals surface area contributed by atoms with Gasteiger partial charge in [0.25, 0.3) is 0 Å². The van der Waals surface area contributed by atoms with Gasteiger partial charge in [-0.25, -0.2) is 0 Å². The summed E-state index contributed by atoms with van der Waals surface area (Å²) in [5.74, 6) is 1.19. The zero-order valence-corrected chi connectivity index (χ0v) is 11.4. The van der Waals surface area contributed by atoms with Crippen molar-refractivity contribution >= 4 is 11.8 Å². The van der Waals surface area contributed by atoms with Gasteiger partial charge in [0.1, 0.15) is 0 Å². The first-order valence-corrected chi connectivity index (χ1v) is 6.44. The Bertz CT molecular complexity index is 507. The first-order valence-electron chi connectivity index (χ1n) is 6.44. The summed E-state index contributed by atoms with van der Waals surface area (Å²) >= 11 is 0. The minimum Gasteiger partial charge on any atom is -0.385 e. The van der Waals surface area contributed by atoms with Crippen LogP contribution in [0.25, 0.3) is 0 Å². The van der Waals surface area contributed by atoms with Gasteiger partial charge in [-0.1, -0.05) is 6.07 Å². The third-order valence-electron chi connectivity index (χ3n) is 2.56. The molecule has 20 heavy (non-hydrogen) atoms. The molecule has 106 valence electrons. The summed E-state index contributed by atoms with van der Waals surface area (Å²) in [4.78, 5) is 8.38. The van der Waals surface area contributed by atoms with Gasteiger partial charge in [0, 0.05) is 39.2 Å². The highest BCUT2D eigenvalue weighted by Gasteiger charge is 2.00. The summed E-state index contributed by atoms with van der Waals surface area (Å²) in [5, 5.41) is 14.1. The molecule has 0 amide bonds. The molecular formula is C13H18N6O. The van der Waals surface area contributed by atoms with Crippen LogP contribution in [0.2, 0.25) is 0 Å². The van der Waals surface area contributed by atoms with Crippen molar-refractivity contribution in [3.63, 3.8) is 0 Å². The van der Waals surface area contributed by atoms with Crippen molar-refractivity contribution in [2.45, 2.75) is 13.0 Å². The van der Waals surface area contributed by atoms with Crippen molar-refractivity contribution in [1.29, 1.82) is 0 Å². The molecule has 2 N–H and O–H groups in total. The molecule has 7 nitrogen and oxygen atoms in total. The minimum absolute atomic E-state index is 0.491. The zero-order chi connectivity index (χ0) is 14.0. The maximum absolute atomic E-state index is 4.98. The molecule has 0 spiro atoms. The van der Waals surface area contributed by atoms with Crippen molar-refractivity contribution in [3.8, 4) is 0 Å². The number of nitrogens with zero attached hydrogens (tertiary/aromatic N) is 4. The highest BCUT2D eigenvalue weighted by atomic mass is 16.5. The number of ether oxygens (including phenoxy) is 1. The molecule has 0 unspecified atom stereocenters. The SMILES string of the molecule is COCCCNc1cnnc(NCc2cccnc2)n1. The second-order valence-corrected chi connectivity index (χ2v) is 4.15. The van der Waals surface area contributed by atoms with E-state index in [-0.39, 0.29) is 0 Å². The minimum atomic E-state index is 0.491. The average Bonchev–Trinajstić information content (AvgIpc) is 2.51. The normalized spacial score (nSPS) is 10.2. The molecule has 2 aromatic rings. The van der Waals surface area contributed by atoms with Crippen molar-refractivity contribution in [2.24, 2.45) is 0 Å². The van der Waals surface area contributed by atoms with Gasteiger partial charge in [0.2, 0.25) is 5.95 Å². The topological polar surface area (TPSA) is 84.9 Å². The molecular weight excluding hydrogens is 256 g/mol. The fraction of sp³-hybridized carbons (Fsp3) is 0.385. The van der Waals surface area contributed by atoms with Crippen LogP contribution in [0.4, 0.5) is 11.8 Å². The molecule has 0 atom stereocenters. The van der Waals surface area contributed by atoms with Gasteiger partial charge >= 0.3 is 0 Å². The Morgan fingerprint density at radius 3 is 3.00 bits per heavy atom. The molecule has 0 saturated carbocycles. The van der Waals surface area contributed by atoms with Gasteiger partial charge in [-0.05, 0) is 18.1 Å². The number of anilines is 2. The van der Waals surface area contributed by atoms with Gasteiger partial charge in [-0.3, -0.25) is 4.98 Å². The van der Waals surface area contributed by atoms with Crippen molar-refractivity contribution < 1.29 is 4.74 Å². The summed E-state index contributed by atoms with van der Waals surface area (Å²) in [6.45, 7) is 2.12. The first-order chi connectivity index (χ1) is 9.88. The average molecular weight is 274 g/mol. The van der Waals surface area contributed by atoms with E-state index in [0.29, 0.717) is 18.3 Å². The van der Waals surface area contributed by atoms with E-state index in [9.17, 15) is 0 Å². The molecule has 2 aromatic heterocycles. The van der Waals surface area contributed by atoms with Crippen LogP contribution in [0.15, 0.2) is 30.7 Å². The van der Waals surface area contributed by atoms with Crippen LogP contribution in [0.1, 0.15) is 12.0 Å². The Balaban J connectivity index is 1.83. The number of rotatable bonds is 8.